The lowest BCUT2D eigenvalue weighted by Gasteiger charge is -2.34. The van der Waals surface area contributed by atoms with Crippen molar-refractivity contribution in [1.29, 1.82) is 0 Å². The van der Waals surface area contributed by atoms with Crippen LogP contribution in [0.1, 0.15) is 12.0 Å². The molecule has 0 bridgehead atoms. The number of piperazine rings is 1. The lowest BCUT2D eigenvalue weighted by Crippen LogP contribution is -2.46. The summed E-state index contributed by atoms with van der Waals surface area (Å²) in [7, 11) is 1.46. The topological polar surface area (TPSA) is 87.9 Å². The summed E-state index contributed by atoms with van der Waals surface area (Å²) in [6, 6.07) is 14.4. The molecule has 31 heavy (non-hydrogen) atoms. The number of rotatable bonds is 9. The fourth-order valence-electron chi connectivity index (χ4n) is 3.48. The first-order valence-electron chi connectivity index (χ1n) is 10.3. The maximum atomic E-state index is 12.4. The number of nitrogens with zero attached hydrogens (tertiary/aromatic N) is 3. The Balaban J connectivity index is 1.40. The number of benzene rings is 2. The smallest absolute Gasteiger partial charge is 0.271 e. The third kappa shape index (κ3) is 6.91. The molecule has 8 nitrogen and oxygen atoms in total. The second kappa shape index (κ2) is 11.2. The number of hydrogen-bond donors (Lipinski definition) is 1. The van der Waals surface area contributed by atoms with Crippen LogP contribution in [0.5, 0.6) is 5.75 Å². The molecule has 1 amide bonds. The number of nitrogens with one attached hydrogen (secondary N) is 1. The van der Waals surface area contributed by atoms with Gasteiger partial charge in [0.25, 0.3) is 5.69 Å². The molecular formula is C23H28N4O4. The molecule has 0 aliphatic carbocycles. The molecule has 1 fully saturated rings. The van der Waals surface area contributed by atoms with Gasteiger partial charge in [-0.25, -0.2) is 0 Å². The molecule has 0 unspecified atom stereocenters. The Morgan fingerprint density at radius 2 is 1.84 bits per heavy atom. The van der Waals surface area contributed by atoms with E-state index in [0.717, 1.165) is 32.7 Å². The van der Waals surface area contributed by atoms with Crippen molar-refractivity contribution >= 4 is 23.4 Å². The van der Waals surface area contributed by atoms with E-state index in [1.807, 2.05) is 18.2 Å². The third-order valence-electron chi connectivity index (χ3n) is 5.26. The Morgan fingerprint density at radius 3 is 2.52 bits per heavy atom. The number of nitro groups is 1. The molecule has 1 heterocycles. The molecule has 2 aromatic carbocycles. The number of carbonyl (C=O) groups excluding carboxylic acids is 1. The summed E-state index contributed by atoms with van der Waals surface area (Å²) >= 11 is 0. The second-order valence-corrected chi connectivity index (χ2v) is 7.40. The standard InChI is InChI=1S/C23H28N4O4/c1-31-22-10-9-20(27(29)30)18-21(22)24-23(28)11-13-26-16-14-25(15-17-26)12-5-8-19-6-3-2-4-7-19/h2-10,18H,11-17H2,1H3,(H,24,28). The number of ether oxygens (including phenoxy) is 1. The Kier molecular flexibility index (Phi) is 8.14. The summed E-state index contributed by atoms with van der Waals surface area (Å²) in [4.78, 5) is 27.5. The van der Waals surface area contributed by atoms with Gasteiger partial charge in [0, 0.05) is 57.8 Å². The summed E-state index contributed by atoms with van der Waals surface area (Å²) in [5.74, 6) is 0.211. The molecule has 0 atom stereocenters. The highest BCUT2D eigenvalue weighted by molar-refractivity contribution is 5.92. The highest BCUT2D eigenvalue weighted by Gasteiger charge is 2.18. The minimum absolute atomic E-state index is 0.0893. The zero-order valence-electron chi connectivity index (χ0n) is 17.7. The molecule has 1 N–H and O–H groups in total. The van der Waals surface area contributed by atoms with Gasteiger partial charge in [-0.3, -0.25) is 19.8 Å². The normalized spacial score (nSPS) is 15.1. The van der Waals surface area contributed by atoms with E-state index in [0.29, 0.717) is 24.4 Å². The van der Waals surface area contributed by atoms with Crippen LogP contribution in [-0.2, 0) is 4.79 Å². The van der Waals surface area contributed by atoms with Gasteiger partial charge in [-0.15, -0.1) is 0 Å². The van der Waals surface area contributed by atoms with E-state index < -0.39 is 4.92 Å². The van der Waals surface area contributed by atoms with Gasteiger partial charge in [0.2, 0.25) is 5.91 Å². The van der Waals surface area contributed by atoms with Gasteiger partial charge in [-0.05, 0) is 11.6 Å². The molecule has 0 spiro atoms. The fourth-order valence-corrected chi connectivity index (χ4v) is 3.48. The quantitative estimate of drug-likeness (QED) is 0.491. The Labute approximate surface area is 182 Å². The van der Waals surface area contributed by atoms with Crippen LogP contribution >= 0.6 is 0 Å². The van der Waals surface area contributed by atoms with Crippen LogP contribution in [0.3, 0.4) is 0 Å². The van der Waals surface area contributed by atoms with Crippen molar-refractivity contribution in [3.63, 3.8) is 0 Å². The maximum absolute atomic E-state index is 12.4. The zero-order valence-corrected chi connectivity index (χ0v) is 17.7. The predicted molar refractivity (Wildman–Crippen MR) is 121 cm³/mol. The Bertz CT molecular complexity index is 909. The van der Waals surface area contributed by atoms with Crippen molar-refractivity contribution in [2.45, 2.75) is 6.42 Å². The van der Waals surface area contributed by atoms with Crippen LogP contribution in [-0.4, -0.2) is 67.0 Å². The molecule has 2 aromatic rings. The van der Waals surface area contributed by atoms with Gasteiger partial charge in [0.05, 0.1) is 17.7 Å². The summed E-state index contributed by atoms with van der Waals surface area (Å²) in [6.45, 7) is 5.30. The van der Waals surface area contributed by atoms with E-state index in [2.05, 4.69) is 39.4 Å². The minimum atomic E-state index is -0.496. The molecule has 1 aliphatic rings. The van der Waals surface area contributed by atoms with Gasteiger partial charge in [0.15, 0.2) is 0 Å². The van der Waals surface area contributed by atoms with E-state index >= 15 is 0 Å². The van der Waals surface area contributed by atoms with Crippen LogP contribution in [0.4, 0.5) is 11.4 Å². The maximum Gasteiger partial charge on any atom is 0.271 e. The second-order valence-electron chi connectivity index (χ2n) is 7.40. The molecule has 1 aliphatic heterocycles. The largest absolute Gasteiger partial charge is 0.495 e. The first-order valence-corrected chi connectivity index (χ1v) is 10.3. The first-order chi connectivity index (χ1) is 15.0. The monoisotopic (exact) mass is 424 g/mol. The fraction of sp³-hybridized carbons (Fsp3) is 0.348. The molecule has 1 saturated heterocycles. The third-order valence-corrected chi connectivity index (χ3v) is 5.26. The van der Waals surface area contributed by atoms with Crippen molar-refractivity contribution in [1.82, 2.24) is 9.80 Å². The lowest BCUT2D eigenvalue weighted by molar-refractivity contribution is -0.384. The van der Waals surface area contributed by atoms with Crippen molar-refractivity contribution in [3.8, 4) is 5.75 Å². The Morgan fingerprint density at radius 1 is 1.13 bits per heavy atom. The summed E-state index contributed by atoms with van der Waals surface area (Å²) in [5.41, 5.74) is 1.43. The number of methoxy groups -OCH3 is 1. The van der Waals surface area contributed by atoms with Gasteiger partial charge in [-0.1, -0.05) is 42.5 Å². The highest BCUT2D eigenvalue weighted by atomic mass is 16.6. The zero-order chi connectivity index (χ0) is 22.1. The van der Waals surface area contributed by atoms with Crippen LogP contribution in [0.25, 0.3) is 6.08 Å². The summed E-state index contributed by atoms with van der Waals surface area (Å²) in [6.07, 6.45) is 4.64. The summed E-state index contributed by atoms with van der Waals surface area (Å²) in [5, 5.41) is 13.7. The van der Waals surface area contributed by atoms with Crippen molar-refractivity contribution < 1.29 is 14.5 Å². The number of anilines is 1. The van der Waals surface area contributed by atoms with Gasteiger partial charge in [-0.2, -0.15) is 0 Å². The average molecular weight is 425 g/mol. The van der Waals surface area contributed by atoms with Gasteiger partial charge in [0.1, 0.15) is 5.75 Å². The SMILES string of the molecule is COc1ccc([N+](=O)[O-])cc1NC(=O)CCN1CCN(CC=Cc2ccccc2)CC1. The molecular weight excluding hydrogens is 396 g/mol. The Hall–Kier alpha value is -3.23. The summed E-state index contributed by atoms with van der Waals surface area (Å²) < 4.78 is 5.19. The predicted octanol–water partition coefficient (Wildman–Crippen LogP) is 3.26. The molecule has 0 radical (unpaired) electrons. The van der Waals surface area contributed by atoms with Crippen LogP contribution < -0.4 is 10.1 Å². The first kappa shape index (κ1) is 22.5. The van der Waals surface area contributed by atoms with Crippen molar-refractivity contribution in [2.24, 2.45) is 0 Å². The van der Waals surface area contributed by atoms with E-state index in [1.165, 1.54) is 30.9 Å². The van der Waals surface area contributed by atoms with Crippen LogP contribution in [0, 0.1) is 10.1 Å². The molecule has 0 aromatic heterocycles. The minimum Gasteiger partial charge on any atom is -0.495 e. The van der Waals surface area contributed by atoms with Crippen molar-refractivity contribution in [2.75, 3.05) is 51.7 Å². The number of hydrogen-bond acceptors (Lipinski definition) is 6. The van der Waals surface area contributed by atoms with Gasteiger partial charge < -0.3 is 15.0 Å². The van der Waals surface area contributed by atoms with Gasteiger partial charge >= 0.3 is 0 Å². The van der Waals surface area contributed by atoms with E-state index in [1.54, 1.807) is 0 Å². The molecule has 164 valence electrons. The molecule has 8 heteroatoms. The molecule has 3 rings (SSSR count). The number of carbonyl (C=O) groups is 1. The van der Waals surface area contributed by atoms with Crippen molar-refractivity contribution in [3.05, 3.63) is 70.3 Å². The number of non-ortho nitro benzene ring substituents is 1. The number of amides is 1. The number of nitro benzene ring substituents is 1. The lowest BCUT2D eigenvalue weighted by atomic mass is 10.2. The highest BCUT2D eigenvalue weighted by Crippen LogP contribution is 2.28. The average Bonchev–Trinajstić information content (AvgIpc) is 2.79. The van der Waals surface area contributed by atoms with Crippen LogP contribution in [0.15, 0.2) is 54.6 Å². The van der Waals surface area contributed by atoms with E-state index in [-0.39, 0.29) is 11.6 Å². The van der Waals surface area contributed by atoms with E-state index in [9.17, 15) is 14.9 Å². The van der Waals surface area contributed by atoms with Crippen LogP contribution in [0.2, 0.25) is 0 Å². The van der Waals surface area contributed by atoms with E-state index in [4.69, 9.17) is 4.74 Å². The molecule has 0 saturated carbocycles.